The van der Waals surface area contributed by atoms with Gasteiger partial charge in [0.05, 0.1) is 19.8 Å². The second kappa shape index (κ2) is 10.5. The number of rotatable bonds is 11. The van der Waals surface area contributed by atoms with E-state index in [1.54, 1.807) is 26.6 Å². The van der Waals surface area contributed by atoms with Gasteiger partial charge in [-0.15, -0.1) is 0 Å². The summed E-state index contributed by atoms with van der Waals surface area (Å²) in [7, 11) is 1.58. The van der Waals surface area contributed by atoms with E-state index < -0.39 is 12.0 Å². The van der Waals surface area contributed by atoms with Gasteiger partial charge in [-0.2, -0.15) is 0 Å². The first kappa shape index (κ1) is 18.9. The lowest BCUT2D eigenvalue weighted by atomic mass is 10.1. The van der Waals surface area contributed by atoms with Crippen LogP contribution in [0.25, 0.3) is 0 Å². The molecule has 128 valence electrons. The Morgan fingerprint density at radius 2 is 2.09 bits per heavy atom. The SMILES string of the molecule is C=C(C)C(=O)NC(Cc1c[nH+]c[nH]1)C(=O)OCCOCCOC. The smallest absolute Gasteiger partial charge is 0.329 e. The molecule has 0 saturated carbocycles. The second-order valence-electron chi connectivity index (χ2n) is 4.91. The molecule has 3 N–H and O–H groups in total. The summed E-state index contributed by atoms with van der Waals surface area (Å²) >= 11 is 0. The molecule has 1 amide bonds. The number of aromatic amines is 2. The molecular formula is C15H24N3O5+. The third kappa shape index (κ3) is 7.57. The summed E-state index contributed by atoms with van der Waals surface area (Å²) in [4.78, 5) is 29.7. The normalized spacial score (nSPS) is 11.7. The highest BCUT2D eigenvalue weighted by molar-refractivity contribution is 5.95. The first-order valence-corrected chi connectivity index (χ1v) is 7.27. The van der Waals surface area contributed by atoms with Crippen molar-refractivity contribution in [3.05, 3.63) is 30.4 Å². The number of H-pyrrole nitrogens is 2. The van der Waals surface area contributed by atoms with E-state index in [-0.39, 0.29) is 25.5 Å². The third-order valence-electron chi connectivity index (χ3n) is 2.90. The van der Waals surface area contributed by atoms with Crippen LogP contribution >= 0.6 is 0 Å². The van der Waals surface area contributed by atoms with Gasteiger partial charge in [0, 0.05) is 19.1 Å². The number of esters is 1. The van der Waals surface area contributed by atoms with Gasteiger partial charge in [0.1, 0.15) is 24.5 Å². The van der Waals surface area contributed by atoms with Gasteiger partial charge in [-0.1, -0.05) is 6.58 Å². The zero-order chi connectivity index (χ0) is 17.1. The summed E-state index contributed by atoms with van der Waals surface area (Å²) < 4.78 is 15.2. The molecular weight excluding hydrogens is 302 g/mol. The Morgan fingerprint density at radius 3 is 2.70 bits per heavy atom. The number of carbonyl (C=O) groups is 2. The number of carbonyl (C=O) groups excluding carboxylic acids is 2. The van der Waals surface area contributed by atoms with Gasteiger partial charge < -0.3 is 19.5 Å². The van der Waals surface area contributed by atoms with Crippen molar-refractivity contribution in [2.45, 2.75) is 19.4 Å². The Labute approximate surface area is 135 Å². The Hall–Kier alpha value is -2.19. The van der Waals surface area contributed by atoms with Crippen molar-refractivity contribution in [3.63, 3.8) is 0 Å². The highest BCUT2D eigenvalue weighted by atomic mass is 16.6. The Kier molecular flexibility index (Phi) is 8.63. The maximum Gasteiger partial charge on any atom is 0.329 e. The molecule has 0 aliphatic carbocycles. The molecule has 1 aromatic rings. The van der Waals surface area contributed by atoms with Crippen molar-refractivity contribution in [2.24, 2.45) is 0 Å². The van der Waals surface area contributed by atoms with Crippen LogP contribution in [0.2, 0.25) is 0 Å². The summed E-state index contributed by atoms with van der Waals surface area (Å²) in [6.45, 7) is 6.43. The summed E-state index contributed by atoms with van der Waals surface area (Å²) in [6, 6.07) is -0.801. The lowest BCUT2D eigenvalue weighted by Crippen LogP contribution is -2.44. The van der Waals surface area contributed by atoms with Crippen molar-refractivity contribution in [1.29, 1.82) is 0 Å². The van der Waals surface area contributed by atoms with E-state index >= 15 is 0 Å². The highest BCUT2D eigenvalue weighted by Crippen LogP contribution is 2.01. The maximum atomic E-state index is 12.1. The average Bonchev–Trinajstić information content (AvgIpc) is 3.02. The van der Waals surface area contributed by atoms with Crippen LogP contribution in [0.15, 0.2) is 24.7 Å². The van der Waals surface area contributed by atoms with Crippen molar-refractivity contribution >= 4 is 11.9 Å². The third-order valence-corrected chi connectivity index (χ3v) is 2.90. The molecule has 1 unspecified atom stereocenters. The number of nitrogens with one attached hydrogen (secondary N) is 3. The van der Waals surface area contributed by atoms with Gasteiger partial charge in [-0.3, -0.25) is 9.78 Å². The van der Waals surface area contributed by atoms with Crippen LogP contribution in [-0.2, 0) is 30.2 Å². The molecule has 1 rings (SSSR count). The van der Waals surface area contributed by atoms with Crippen molar-refractivity contribution in [3.8, 4) is 0 Å². The quantitative estimate of drug-likeness (QED) is 0.328. The minimum Gasteiger partial charge on any atom is -0.462 e. The Bertz CT molecular complexity index is 501. The number of imidazole rings is 1. The molecule has 0 radical (unpaired) electrons. The molecule has 0 spiro atoms. The topological polar surface area (TPSA) is 104 Å². The molecule has 0 bridgehead atoms. The summed E-state index contributed by atoms with van der Waals surface area (Å²) in [6.07, 6.45) is 3.62. The van der Waals surface area contributed by atoms with E-state index in [1.165, 1.54) is 0 Å². The molecule has 8 nitrogen and oxygen atoms in total. The lowest BCUT2D eigenvalue weighted by molar-refractivity contribution is -0.376. The van der Waals surface area contributed by atoms with Crippen LogP contribution in [-0.4, -0.2) is 56.4 Å². The minimum absolute atomic E-state index is 0.110. The maximum absolute atomic E-state index is 12.1. The van der Waals surface area contributed by atoms with Gasteiger partial charge in [0.25, 0.3) is 0 Å². The van der Waals surface area contributed by atoms with E-state index in [2.05, 4.69) is 21.9 Å². The van der Waals surface area contributed by atoms with Crippen molar-refractivity contribution in [2.75, 3.05) is 33.5 Å². The van der Waals surface area contributed by atoms with E-state index in [1.807, 2.05) is 0 Å². The van der Waals surface area contributed by atoms with Crippen LogP contribution in [0.3, 0.4) is 0 Å². The first-order valence-electron chi connectivity index (χ1n) is 7.27. The predicted molar refractivity (Wildman–Crippen MR) is 81.5 cm³/mol. The monoisotopic (exact) mass is 326 g/mol. The standard InChI is InChI=1S/C15H23N3O5/c1-11(2)14(19)18-13(8-12-9-16-10-17-12)15(20)23-7-6-22-5-4-21-3/h9-10,13H,1,4-8H2,2-3H3,(H,16,17)(H,18,19)/p+1. The molecule has 1 heterocycles. The highest BCUT2D eigenvalue weighted by Gasteiger charge is 2.24. The zero-order valence-electron chi connectivity index (χ0n) is 13.5. The van der Waals surface area contributed by atoms with E-state index in [0.717, 1.165) is 5.69 Å². The van der Waals surface area contributed by atoms with Gasteiger partial charge in [0.15, 0.2) is 0 Å². The van der Waals surface area contributed by atoms with Gasteiger partial charge in [0.2, 0.25) is 12.2 Å². The summed E-state index contributed by atoms with van der Waals surface area (Å²) in [5, 5.41) is 2.61. The fraction of sp³-hybridized carbons (Fsp3) is 0.533. The fourth-order valence-corrected chi connectivity index (χ4v) is 1.68. The van der Waals surface area contributed by atoms with Crippen LogP contribution in [0.1, 0.15) is 12.6 Å². The lowest BCUT2D eigenvalue weighted by Gasteiger charge is -2.16. The summed E-state index contributed by atoms with van der Waals surface area (Å²) in [5.41, 5.74) is 1.09. The molecule has 0 aromatic carbocycles. The predicted octanol–water partition coefficient (Wildman–Crippen LogP) is -0.362. The van der Waals surface area contributed by atoms with E-state index in [9.17, 15) is 9.59 Å². The number of ether oxygens (including phenoxy) is 3. The fourth-order valence-electron chi connectivity index (χ4n) is 1.68. The number of hydrogen-bond donors (Lipinski definition) is 2. The second-order valence-corrected chi connectivity index (χ2v) is 4.91. The molecule has 0 fully saturated rings. The largest absolute Gasteiger partial charge is 0.462 e. The molecule has 0 saturated heterocycles. The average molecular weight is 326 g/mol. The van der Waals surface area contributed by atoms with Crippen LogP contribution in [0.4, 0.5) is 0 Å². The number of hydrogen-bond acceptors (Lipinski definition) is 5. The molecule has 8 heteroatoms. The van der Waals surface area contributed by atoms with Gasteiger partial charge in [-0.05, 0) is 6.92 Å². The van der Waals surface area contributed by atoms with Gasteiger partial charge >= 0.3 is 5.97 Å². The first-order chi connectivity index (χ1) is 11.0. The van der Waals surface area contributed by atoms with Crippen LogP contribution in [0.5, 0.6) is 0 Å². The van der Waals surface area contributed by atoms with Crippen molar-refractivity contribution in [1.82, 2.24) is 10.3 Å². The Balaban J connectivity index is 2.47. The van der Waals surface area contributed by atoms with Crippen LogP contribution < -0.4 is 10.3 Å². The number of methoxy groups -OCH3 is 1. The zero-order valence-corrected chi connectivity index (χ0v) is 13.5. The Morgan fingerprint density at radius 1 is 1.35 bits per heavy atom. The number of aromatic nitrogens is 2. The van der Waals surface area contributed by atoms with Crippen molar-refractivity contribution < 1.29 is 28.8 Å². The van der Waals surface area contributed by atoms with Gasteiger partial charge in [-0.25, -0.2) is 9.78 Å². The summed E-state index contributed by atoms with van der Waals surface area (Å²) in [5.74, 6) is -0.914. The molecule has 23 heavy (non-hydrogen) atoms. The molecule has 1 aromatic heterocycles. The number of amides is 1. The van der Waals surface area contributed by atoms with Crippen LogP contribution in [0, 0.1) is 0 Å². The molecule has 0 aliphatic rings. The van der Waals surface area contributed by atoms with E-state index in [4.69, 9.17) is 14.2 Å². The van der Waals surface area contributed by atoms with E-state index in [0.29, 0.717) is 18.8 Å². The molecule has 0 aliphatic heterocycles. The minimum atomic E-state index is -0.801. The molecule has 1 atom stereocenters.